The fraction of sp³-hybridized carbons (Fsp3) is 0.462. The van der Waals surface area contributed by atoms with Crippen LogP contribution in [-0.4, -0.2) is 32.1 Å². The normalized spacial score (nSPS) is 14.3. The summed E-state index contributed by atoms with van der Waals surface area (Å²) in [4.78, 5) is 20.6. The predicted molar refractivity (Wildman–Crippen MR) is 76.8 cm³/mol. The van der Waals surface area contributed by atoms with E-state index in [9.17, 15) is 38.3 Å². The van der Waals surface area contributed by atoms with Crippen LogP contribution in [0.1, 0.15) is 30.6 Å². The maximum Gasteiger partial charge on any atom is 0.416 e. The van der Waals surface area contributed by atoms with Crippen LogP contribution in [0.25, 0.3) is 0 Å². The molecule has 0 bridgehead atoms. The van der Waals surface area contributed by atoms with E-state index in [0.717, 1.165) is 11.8 Å². The number of alkyl halides is 3. The molecule has 0 fully saturated rings. The van der Waals surface area contributed by atoms with Gasteiger partial charge in [0.05, 0.1) is 16.6 Å². The SMILES string of the molecule is CC(=O)SCCC(O)C(O)c1cc([N+](=O)[O-])ccc1C(F)(F)F. The molecule has 2 N–H and O–H groups in total. The van der Waals surface area contributed by atoms with Crippen molar-refractivity contribution in [3.8, 4) is 0 Å². The predicted octanol–water partition coefficient (Wildman–Crippen LogP) is 2.68. The maximum absolute atomic E-state index is 13.0. The van der Waals surface area contributed by atoms with E-state index in [2.05, 4.69) is 0 Å². The molecule has 0 radical (unpaired) electrons. The Balaban J connectivity index is 3.08. The lowest BCUT2D eigenvalue weighted by atomic mass is 9.96. The van der Waals surface area contributed by atoms with Gasteiger partial charge in [-0.3, -0.25) is 14.9 Å². The Morgan fingerprint density at radius 3 is 2.48 bits per heavy atom. The second-order valence-electron chi connectivity index (χ2n) is 4.67. The average molecular weight is 353 g/mol. The van der Waals surface area contributed by atoms with Gasteiger partial charge in [0, 0.05) is 30.4 Å². The first-order valence-corrected chi connectivity index (χ1v) is 7.37. The molecule has 0 heterocycles. The second-order valence-corrected chi connectivity index (χ2v) is 5.94. The van der Waals surface area contributed by atoms with Crippen LogP contribution in [0.3, 0.4) is 0 Å². The van der Waals surface area contributed by atoms with E-state index in [1.165, 1.54) is 6.92 Å². The van der Waals surface area contributed by atoms with Crippen molar-refractivity contribution in [3.05, 3.63) is 39.4 Å². The summed E-state index contributed by atoms with van der Waals surface area (Å²) in [5, 5.41) is 30.2. The number of benzene rings is 1. The number of carbonyl (C=O) groups excluding carboxylic acids is 1. The summed E-state index contributed by atoms with van der Waals surface area (Å²) in [5.41, 5.74) is -2.65. The summed E-state index contributed by atoms with van der Waals surface area (Å²) < 4.78 is 38.9. The van der Waals surface area contributed by atoms with Crippen molar-refractivity contribution >= 4 is 22.6 Å². The van der Waals surface area contributed by atoms with Gasteiger partial charge in [0.2, 0.25) is 0 Å². The third kappa shape index (κ3) is 5.48. The number of nitro groups is 1. The fourth-order valence-corrected chi connectivity index (χ4v) is 2.50. The van der Waals surface area contributed by atoms with E-state index < -0.39 is 40.1 Å². The number of aliphatic hydroxyl groups is 2. The van der Waals surface area contributed by atoms with Gasteiger partial charge in [-0.2, -0.15) is 13.2 Å². The molecule has 0 aliphatic heterocycles. The number of thioether (sulfide) groups is 1. The van der Waals surface area contributed by atoms with E-state index >= 15 is 0 Å². The molecule has 0 amide bonds. The third-order valence-corrected chi connectivity index (χ3v) is 3.80. The lowest BCUT2D eigenvalue weighted by Gasteiger charge is -2.21. The molecule has 10 heteroatoms. The lowest BCUT2D eigenvalue weighted by molar-refractivity contribution is -0.385. The van der Waals surface area contributed by atoms with Gasteiger partial charge >= 0.3 is 6.18 Å². The Morgan fingerprint density at radius 2 is 2.00 bits per heavy atom. The van der Waals surface area contributed by atoms with Crippen LogP contribution in [0, 0.1) is 10.1 Å². The number of aliphatic hydroxyl groups excluding tert-OH is 2. The smallest absolute Gasteiger partial charge is 0.390 e. The zero-order chi connectivity index (χ0) is 17.8. The summed E-state index contributed by atoms with van der Waals surface area (Å²) in [6.45, 7) is 1.29. The van der Waals surface area contributed by atoms with Gasteiger partial charge in [0.25, 0.3) is 5.69 Å². The summed E-state index contributed by atoms with van der Waals surface area (Å²) in [6.07, 6.45) is -8.53. The van der Waals surface area contributed by atoms with Gasteiger partial charge in [-0.15, -0.1) is 0 Å². The number of nitrogens with zero attached hydrogens (tertiary/aromatic N) is 1. The molecule has 0 saturated heterocycles. The van der Waals surface area contributed by atoms with Gasteiger partial charge in [-0.25, -0.2) is 0 Å². The molecule has 1 rings (SSSR count). The first-order chi connectivity index (χ1) is 10.5. The number of non-ortho nitro benzene ring substituents is 1. The molecule has 0 spiro atoms. The van der Waals surface area contributed by atoms with E-state index in [-0.39, 0.29) is 17.3 Å². The Morgan fingerprint density at radius 1 is 1.39 bits per heavy atom. The van der Waals surface area contributed by atoms with Crippen LogP contribution in [0.2, 0.25) is 0 Å². The van der Waals surface area contributed by atoms with Crippen LogP contribution in [0.4, 0.5) is 18.9 Å². The van der Waals surface area contributed by atoms with Gasteiger partial charge < -0.3 is 10.2 Å². The third-order valence-electron chi connectivity index (χ3n) is 2.95. The van der Waals surface area contributed by atoms with Crippen molar-refractivity contribution in [1.29, 1.82) is 0 Å². The van der Waals surface area contributed by atoms with Gasteiger partial charge in [0.15, 0.2) is 5.12 Å². The van der Waals surface area contributed by atoms with E-state index in [1.54, 1.807) is 0 Å². The second kappa shape index (κ2) is 7.75. The van der Waals surface area contributed by atoms with Crippen molar-refractivity contribution in [2.75, 3.05) is 5.75 Å². The van der Waals surface area contributed by atoms with Crippen LogP contribution in [0.15, 0.2) is 18.2 Å². The lowest BCUT2D eigenvalue weighted by Crippen LogP contribution is -2.22. The average Bonchev–Trinajstić information content (AvgIpc) is 2.44. The Labute approximate surface area is 133 Å². The number of hydrogen-bond donors (Lipinski definition) is 2. The van der Waals surface area contributed by atoms with E-state index in [0.29, 0.717) is 18.2 Å². The van der Waals surface area contributed by atoms with Crippen molar-refractivity contribution in [2.24, 2.45) is 0 Å². The Hall–Kier alpha value is -1.65. The molecule has 6 nitrogen and oxygen atoms in total. The minimum atomic E-state index is -4.83. The number of hydrogen-bond acceptors (Lipinski definition) is 6. The summed E-state index contributed by atoms with van der Waals surface area (Å²) in [6, 6.07) is 1.76. The summed E-state index contributed by atoms with van der Waals surface area (Å²) >= 11 is 0.850. The standard InChI is InChI=1S/C13H14F3NO5S/c1-7(18)23-5-4-11(19)12(20)9-6-8(17(21)22)2-3-10(9)13(14,15)16/h2-3,6,11-12,19-20H,4-5H2,1H3. The molecule has 2 atom stereocenters. The first kappa shape index (κ1) is 19.4. The number of halogens is 3. The van der Waals surface area contributed by atoms with Crippen molar-refractivity contribution in [1.82, 2.24) is 0 Å². The number of rotatable bonds is 6. The molecule has 0 aromatic heterocycles. The molecule has 1 aromatic carbocycles. The molecule has 2 unspecified atom stereocenters. The molecule has 1 aromatic rings. The van der Waals surface area contributed by atoms with Crippen LogP contribution < -0.4 is 0 Å². The van der Waals surface area contributed by atoms with Gasteiger partial charge in [0.1, 0.15) is 6.10 Å². The maximum atomic E-state index is 13.0. The largest absolute Gasteiger partial charge is 0.416 e. The van der Waals surface area contributed by atoms with Crippen LogP contribution >= 0.6 is 11.8 Å². The zero-order valence-electron chi connectivity index (χ0n) is 11.9. The number of carbonyl (C=O) groups is 1. The van der Waals surface area contributed by atoms with Crippen molar-refractivity contribution < 1.29 is 33.1 Å². The van der Waals surface area contributed by atoms with Crippen LogP contribution in [-0.2, 0) is 11.0 Å². The topological polar surface area (TPSA) is 101 Å². The molecular weight excluding hydrogens is 339 g/mol. The van der Waals surface area contributed by atoms with Crippen LogP contribution in [0.5, 0.6) is 0 Å². The number of nitro benzene ring substituents is 1. The van der Waals surface area contributed by atoms with Crippen molar-refractivity contribution in [3.63, 3.8) is 0 Å². The Kier molecular flexibility index (Phi) is 6.54. The van der Waals surface area contributed by atoms with E-state index in [1.807, 2.05) is 0 Å². The highest BCUT2D eigenvalue weighted by Gasteiger charge is 2.37. The molecular formula is C13H14F3NO5S. The quantitative estimate of drug-likeness (QED) is 0.602. The molecule has 0 saturated carbocycles. The zero-order valence-corrected chi connectivity index (χ0v) is 12.7. The minimum Gasteiger partial charge on any atom is -0.390 e. The molecule has 0 aliphatic rings. The van der Waals surface area contributed by atoms with E-state index in [4.69, 9.17) is 0 Å². The Bertz CT molecular complexity index is 593. The molecule has 128 valence electrons. The molecule has 23 heavy (non-hydrogen) atoms. The van der Waals surface area contributed by atoms with Crippen molar-refractivity contribution in [2.45, 2.75) is 31.7 Å². The highest BCUT2D eigenvalue weighted by atomic mass is 32.2. The van der Waals surface area contributed by atoms with Gasteiger partial charge in [-0.05, 0) is 12.5 Å². The fourth-order valence-electron chi connectivity index (χ4n) is 1.86. The minimum absolute atomic E-state index is 0.101. The summed E-state index contributed by atoms with van der Waals surface area (Å²) in [5.74, 6) is 0.101. The molecule has 0 aliphatic carbocycles. The highest BCUT2D eigenvalue weighted by molar-refractivity contribution is 8.13. The highest BCUT2D eigenvalue weighted by Crippen LogP contribution is 2.37. The first-order valence-electron chi connectivity index (χ1n) is 6.39. The van der Waals surface area contributed by atoms with Gasteiger partial charge in [-0.1, -0.05) is 11.8 Å². The monoisotopic (exact) mass is 353 g/mol. The summed E-state index contributed by atoms with van der Waals surface area (Å²) in [7, 11) is 0.